The van der Waals surface area contributed by atoms with Crippen molar-refractivity contribution >= 4 is 31.3 Å². The van der Waals surface area contributed by atoms with Crippen molar-refractivity contribution in [3.8, 4) is 34.5 Å². The van der Waals surface area contributed by atoms with Crippen molar-refractivity contribution in [1.29, 1.82) is 0 Å². The normalized spacial score (nSPS) is 12.6. The van der Waals surface area contributed by atoms with Crippen molar-refractivity contribution in [3.05, 3.63) is 36.4 Å². The second kappa shape index (κ2) is 11.5. The molecule has 0 bridgehead atoms. The molecule has 2 rings (SSSR count). The van der Waals surface area contributed by atoms with E-state index in [0.29, 0.717) is 0 Å². The molecule has 22 heteroatoms. The van der Waals surface area contributed by atoms with Crippen LogP contribution in [0.4, 0.5) is 0 Å². The molecule has 0 aromatic heterocycles. The zero-order valence-electron chi connectivity index (χ0n) is 17.3. The summed E-state index contributed by atoms with van der Waals surface area (Å²) < 4.78 is 72.1. The molecule has 8 N–H and O–H groups in total. The van der Waals surface area contributed by atoms with E-state index in [2.05, 4.69) is 18.1 Å². The van der Waals surface area contributed by atoms with Gasteiger partial charge < -0.3 is 27.6 Å². The van der Waals surface area contributed by atoms with E-state index in [0.717, 1.165) is 36.4 Å². The zero-order chi connectivity index (χ0) is 27.4. The van der Waals surface area contributed by atoms with Crippen molar-refractivity contribution < 1.29 is 85.0 Å². The van der Waals surface area contributed by atoms with E-state index in [1.165, 1.54) is 0 Å². The van der Waals surface area contributed by atoms with Gasteiger partial charge in [-0.25, -0.2) is 18.3 Å². The number of phosphoric acid groups is 4. The molecular weight excluding hydrogens is 580 g/mol. The van der Waals surface area contributed by atoms with Crippen LogP contribution in [0.25, 0.3) is 0 Å². The first-order valence-corrected chi connectivity index (χ1v) is 15.0. The van der Waals surface area contributed by atoms with Crippen LogP contribution in [0.15, 0.2) is 36.4 Å². The highest BCUT2D eigenvalue weighted by atomic mass is 31.2. The van der Waals surface area contributed by atoms with Gasteiger partial charge in [0, 0.05) is 12.1 Å². The molecule has 0 heterocycles. The average Bonchev–Trinajstić information content (AvgIpc) is 2.64. The first-order valence-electron chi connectivity index (χ1n) is 8.84. The van der Waals surface area contributed by atoms with E-state index < -0.39 is 54.3 Å². The lowest BCUT2D eigenvalue weighted by molar-refractivity contribution is 0.215. The Morgan fingerprint density at radius 3 is 1.03 bits per heavy atom. The van der Waals surface area contributed by atoms with Crippen molar-refractivity contribution in [2.45, 2.75) is 0 Å². The van der Waals surface area contributed by atoms with Crippen LogP contribution in [0.3, 0.4) is 0 Å². The van der Waals surface area contributed by atoms with Gasteiger partial charge in [0.05, 0.1) is 0 Å². The van der Waals surface area contributed by atoms with Crippen LogP contribution >= 0.6 is 31.3 Å². The predicted octanol–water partition coefficient (Wildman–Crippen LogP) is 1.03. The zero-order valence-corrected chi connectivity index (χ0v) is 20.9. The Morgan fingerprint density at radius 1 is 0.472 bits per heavy atom. The SMILES string of the molecule is O=P(O)(O)Oc1ccc(OCCOc2ccc(OP(=O)(O)O)c(OP(=O)(O)O)c2)cc1OP(=O)(O)O. The Hall–Kier alpha value is -2.16. The maximum absolute atomic E-state index is 11.1. The van der Waals surface area contributed by atoms with E-state index in [1.54, 1.807) is 0 Å². The summed E-state index contributed by atoms with van der Waals surface area (Å²) >= 11 is 0. The van der Waals surface area contributed by atoms with Crippen LogP contribution in [0, 0.1) is 0 Å². The van der Waals surface area contributed by atoms with Crippen molar-refractivity contribution in [3.63, 3.8) is 0 Å². The van der Waals surface area contributed by atoms with E-state index in [9.17, 15) is 18.3 Å². The number of rotatable bonds is 13. The second-order valence-corrected chi connectivity index (χ2v) is 10.9. The van der Waals surface area contributed by atoms with Gasteiger partial charge in [0.2, 0.25) is 0 Å². The molecule has 0 spiro atoms. The molecule has 18 nitrogen and oxygen atoms in total. The summed E-state index contributed by atoms with van der Waals surface area (Å²) in [6, 6.07) is 5.79. The molecule has 0 radical (unpaired) electrons. The van der Waals surface area contributed by atoms with Crippen LogP contribution < -0.4 is 27.6 Å². The Balaban J connectivity index is 2.10. The minimum Gasteiger partial charge on any atom is -0.490 e. The molecule has 0 atom stereocenters. The average molecular weight is 598 g/mol. The Morgan fingerprint density at radius 2 is 0.750 bits per heavy atom. The lowest BCUT2D eigenvalue weighted by Gasteiger charge is -2.16. The molecule has 0 amide bonds. The standard InChI is InChI=1S/C14H18O18P4/c15-33(16,17)29-11-3-1-9(7-13(11)31-35(21,22)23)27-5-6-28-10-2-4-12(30-34(18,19)20)14(8-10)32-36(24,25)26/h1-4,7-8H,5-6H2,(H2,15,16,17)(H2,18,19,20)(H2,21,22,23)(H2,24,25,26). The number of hydrogen-bond acceptors (Lipinski definition) is 10. The van der Waals surface area contributed by atoms with E-state index >= 15 is 0 Å². The van der Waals surface area contributed by atoms with Crippen LogP contribution in [-0.2, 0) is 18.3 Å². The predicted molar refractivity (Wildman–Crippen MR) is 115 cm³/mol. The van der Waals surface area contributed by atoms with E-state index in [-0.39, 0.29) is 24.7 Å². The fourth-order valence-corrected chi connectivity index (χ4v) is 3.89. The van der Waals surface area contributed by atoms with Gasteiger partial charge in [-0.05, 0) is 24.3 Å². The number of hydrogen-bond donors (Lipinski definition) is 8. The molecular formula is C14H18O18P4. The third-order valence-electron chi connectivity index (χ3n) is 3.32. The minimum absolute atomic E-state index is 0.101. The summed E-state index contributed by atoms with van der Waals surface area (Å²) in [7, 11) is -20.5. The number of ether oxygens (including phenoxy) is 2. The second-order valence-electron chi connectivity index (χ2n) is 6.24. The summed E-state index contributed by atoms with van der Waals surface area (Å²) in [5.41, 5.74) is 0. The maximum atomic E-state index is 11.1. The topological polar surface area (TPSA) is 285 Å². The molecule has 0 fully saturated rings. The highest BCUT2D eigenvalue weighted by molar-refractivity contribution is 7.47. The lowest BCUT2D eigenvalue weighted by Crippen LogP contribution is -2.09. The highest BCUT2D eigenvalue weighted by Gasteiger charge is 2.26. The van der Waals surface area contributed by atoms with Crippen molar-refractivity contribution in [1.82, 2.24) is 0 Å². The largest absolute Gasteiger partial charge is 0.524 e. The van der Waals surface area contributed by atoms with Crippen LogP contribution in [0.2, 0.25) is 0 Å². The number of benzene rings is 2. The Bertz CT molecular complexity index is 1160. The Kier molecular flexibility index (Phi) is 9.59. The van der Waals surface area contributed by atoms with Crippen molar-refractivity contribution in [2.24, 2.45) is 0 Å². The van der Waals surface area contributed by atoms with Gasteiger partial charge in [-0.15, -0.1) is 0 Å². The van der Waals surface area contributed by atoms with Gasteiger partial charge in [-0.1, -0.05) is 0 Å². The van der Waals surface area contributed by atoms with Crippen LogP contribution in [0.1, 0.15) is 0 Å². The third kappa shape index (κ3) is 11.7. The fraction of sp³-hybridized carbons (Fsp3) is 0.143. The monoisotopic (exact) mass is 598 g/mol. The van der Waals surface area contributed by atoms with Crippen LogP contribution in [0.5, 0.6) is 34.5 Å². The molecule has 0 aliphatic carbocycles. The van der Waals surface area contributed by atoms with Gasteiger partial charge in [0.15, 0.2) is 23.0 Å². The third-order valence-corrected chi connectivity index (χ3v) is 5.06. The summed E-state index contributed by atoms with van der Waals surface area (Å²) in [6.45, 7) is -0.521. The fourth-order valence-electron chi connectivity index (χ4n) is 2.28. The molecule has 0 saturated heterocycles. The van der Waals surface area contributed by atoms with E-state index in [1.807, 2.05) is 0 Å². The molecule has 0 unspecified atom stereocenters. The van der Waals surface area contributed by atoms with Gasteiger partial charge in [0.1, 0.15) is 24.7 Å². The molecule has 2 aromatic carbocycles. The quantitative estimate of drug-likeness (QED) is 0.118. The van der Waals surface area contributed by atoms with Gasteiger partial charge >= 0.3 is 31.3 Å². The first-order chi connectivity index (χ1) is 16.3. The first kappa shape index (κ1) is 30.1. The number of phosphoric ester groups is 4. The molecule has 202 valence electrons. The van der Waals surface area contributed by atoms with Gasteiger partial charge in [0.25, 0.3) is 0 Å². The highest BCUT2D eigenvalue weighted by Crippen LogP contribution is 2.49. The summed E-state index contributed by atoms with van der Waals surface area (Å²) in [4.78, 5) is 71.4. The smallest absolute Gasteiger partial charge is 0.490 e. The summed E-state index contributed by atoms with van der Waals surface area (Å²) in [6.07, 6.45) is 0. The summed E-state index contributed by atoms with van der Waals surface area (Å²) in [5.74, 6) is -3.07. The molecule has 0 aliphatic rings. The molecule has 0 saturated carbocycles. The molecule has 36 heavy (non-hydrogen) atoms. The van der Waals surface area contributed by atoms with E-state index in [4.69, 9.17) is 48.6 Å². The maximum Gasteiger partial charge on any atom is 0.524 e. The lowest BCUT2D eigenvalue weighted by atomic mass is 10.3. The molecule has 0 aliphatic heterocycles. The summed E-state index contributed by atoms with van der Waals surface area (Å²) in [5, 5.41) is 0. The van der Waals surface area contributed by atoms with Crippen LogP contribution in [-0.4, -0.2) is 52.4 Å². The van der Waals surface area contributed by atoms with Crippen molar-refractivity contribution in [2.75, 3.05) is 13.2 Å². The van der Waals surface area contributed by atoms with Gasteiger partial charge in [-0.3, -0.25) is 39.1 Å². The molecule has 2 aromatic rings. The Labute approximate surface area is 200 Å². The van der Waals surface area contributed by atoms with Gasteiger partial charge in [-0.2, -0.15) is 0 Å². The minimum atomic E-state index is -5.15.